The number of amides is 1. The normalized spacial score (nSPS) is 17.3. The molecule has 2 heterocycles. The van der Waals surface area contributed by atoms with Gasteiger partial charge in [0.1, 0.15) is 17.6 Å². The van der Waals surface area contributed by atoms with E-state index in [1.54, 1.807) is 7.11 Å². The second-order valence-corrected chi connectivity index (χ2v) is 6.76. The zero-order valence-electron chi connectivity index (χ0n) is 16.6. The number of nitrogens with zero attached hydrogens (tertiary/aromatic N) is 2. The highest BCUT2D eigenvalue weighted by atomic mass is 16.5. The van der Waals surface area contributed by atoms with E-state index in [1.165, 1.54) is 7.11 Å². The Morgan fingerprint density at radius 3 is 2.82 bits per heavy atom. The van der Waals surface area contributed by atoms with Gasteiger partial charge in [-0.05, 0) is 37.6 Å². The molecule has 1 fully saturated rings. The predicted molar refractivity (Wildman–Crippen MR) is 102 cm³/mol. The SMILES string of the molecule is COC(=O)C[C@H]1C(=O)NCCN1Cc1nc(-c2ccc(OC)c(C)c2)oc1C. The highest BCUT2D eigenvalue weighted by molar-refractivity contribution is 5.87. The molecule has 0 aliphatic carbocycles. The molecule has 0 bridgehead atoms. The van der Waals surface area contributed by atoms with Crippen molar-refractivity contribution in [1.82, 2.24) is 15.2 Å². The van der Waals surface area contributed by atoms with E-state index in [0.29, 0.717) is 31.3 Å². The minimum Gasteiger partial charge on any atom is -0.496 e. The van der Waals surface area contributed by atoms with Crippen molar-refractivity contribution < 1.29 is 23.5 Å². The summed E-state index contributed by atoms with van der Waals surface area (Å²) in [6, 6.07) is 5.16. The fraction of sp³-hybridized carbons (Fsp3) is 0.450. The molecule has 1 atom stereocenters. The maximum Gasteiger partial charge on any atom is 0.307 e. The first-order chi connectivity index (χ1) is 13.4. The first-order valence-corrected chi connectivity index (χ1v) is 9.12. The van der Waals surface area contributed by atoms with Crippen LogP contribution >= 0.6 is 0 Å². The van der Waals surface area contributed by atoms with Gasteiger partial charge < -0.3 is 19.2 Å². The number of oxazole rings is 1. The first kappa shape index (κ1) is 19.9. The molecule has 2 aromatic rings. The molecule has 1 aromatic heterocycles. The molecule has 1 aromatic carbocycles. The number of nitrogens with one attached hydrogen (secondary N) is 1. The highest BCUT2D eigenvalue weighted by Gasteiger charge is 2.33. The lowest BCUT2D eigenvalue weighted by atomic mass is 10.1. The number of benzene rings is 1. The van der Waals surface area contributed by atoms with Crippen LogP contribution in [0.1, 0.15) is 23.4 Å². The van der Waals surface area contributed by atoms with E-state index >= 15 is 0 Å². The Hall–Kier alpha value is -2.87. The van der Waals surface area contributed by atoms with Crippen LogP contribution in [0.5, 0.6) is 5.75 Å². The molecule has 28 heavy (non-hydrogen) atoms. The number of esters is 1. The number of hydrogen-bond donors (Lipinski definition) is 1. The Kier molecular flexibility index (Phi) is 5.99. The monoisotopic (exact) mass is 387 g/mol. The number of aryl methyl sites for hydroxylation is 2. The minimum atomic E-state index is -0.580. The summed E-state index contributed by atoms with van der Waals surface area (Å²) < 4.78 is 15.9. The Morgan fingerprint density at radius 1 is 1.36 bits per heavy atom. The standard InChI is InChI=1S/C20H25N3O5/c1-12-9-14(5-6-17(12)26-3)20-22-15(13(2)28-20)11-23-8-7-21-19(25)16(23)10-18(24)27-4/h5-6,9,16H,7-8,10-11H2,1-4H3,(H,21,25)/t16-/m0/s1. The number of carbonyl (C=O) groups is 2. The summed E-state index contributed by atoms with van der Waals surface area (Å²) >= 11 is 0. The van der Waals surface area contributed by atoms with Gasteiger partial charge in [0.15, 0.2) is 0 Å². The number of piperazine rings is 1. The Balaban J connectivity index is 1.81. The van der Waals surface area contributed by atoms with Gasteiger partial charge in [0.05, 0.1) is 26.3 Å². The first-order valence-electron chi connectivity index (χ1n) is 9.12. The molecule has 1 saturated heterocycles. The summed E-state index contributed by atoms with van der Waals surface area (Å²) in [4.78, 5) is 30.5. The number of methoxy groups -OCH3 is 2. The molecule has 1 amide bonds. The van der Waals surface area contributed by atoms with Crippen LogP contribution < -0.4 is 10.1 Å². The summed E-state index contributed by atoms with van der Waals surface area (Å²) in [5.74, 6) is 1.41. The van der Waals surface area contributed by atoms with Gasteiger partial charge in [-0.1, -0.05) is 0 Å². The Morgan fingerprint density at radius 2 is 2.14 bits per heavy atom. The number of rotatable bonds is 6. The fourth-order valence-electron chi connectivity index (χ4n) is 3.32. The van der Waals surface area contributed by atoms with Crippen molar-refractivity contribution in [2.75, 3.05) is 27.3 Å². The summed E-state index contributed by atoms with van der Waals surface area (Å²) in [6.45, 7) is 5.37. The third kappa shape index (κ3) is 4.17. The van der Waals surface area contributed by atoms with Crippen molar-refractivity contribution in [2.45, 2.75) is 32.9 Å². The van der Waals surface area contributed by atoms with E-state index in [1.807, 2.05) is 36.9 Å². The summed E-state index contributed by atoms with van der Waals surface area (Å²) in [5, 5.41) is 2.80. The van der Waals surface area contributed by atoms with Gasteiger partial charge in [0, 0.05) is 25.2 Å². The van der Waals surface area contributed by atoms with Gasteiger partial charge in [-0.15, -0.1) is 0 Å². The molecule has 3 rings (SSSR count). The van der Waals surface area contributed by atoms with Gasteiger partial charge >= 0.3 is 5.97 Å². The second kappa shape index (κ2) is 8.43. The number of carbonyl (C=O) groups excluding carboxylic acids is 2. The Bertz CT molecular complexity index is 877. The van der Waals surface area contributed by atoms with Crippen LogP contribution in [0.25, 0.3) is 11.5 Å². The summed E-state index contributed by atoms with van der Waals surface area (Å²) in [7, 11) is 2.95. The van der Waals surface area contributed by atoms with Crippen LogP contribution in [0.2, 0.25) is 0 Å². The van der Waals surface area contributed by atoms with Crippen molar-refractivity contribution in [1.29, 1.82) is 0 Å². The average Bonchev–Trinajstić information content (AvgIpc) is 3.04. The number of hydrogen-bond acceptors (Lipinski definition) is 7. The van der Waals surface area contributed by atoms with Crippen LogP contribution in [-0.4, -0.2) is 55.1 Å². The third-order valence-electron chi connectivity index (χ3n) is 4.92. The van der Waals surface area contributed by atoms with Crippen molar-refractivity contribution in [3.63, 3.8) is 0 Å². The third-order valence-corrected chi connectivity index (χ3v) is 4.92. The molecule has 1 aliphatic heterocycles. The van der Waals surface area contributed by atoms with Gasteiger partial charge in [0.25, 0.3) is 0 Å². The molecule has 0 unspecified atom stereocenters. The minimum absolute atomic E-state index is 0.00373. The maximum absolute atomic E-state index is 12.2. The van der Waals surface area contributed by atoms with Gasteiger partial charge in [0.2, 0.25) is 11.8 Å². The average molecular weight is 387 g/mol. The summed E-state index contributed by atoms with van der Waals surface area (Å²) in [5.41, 5.74) is 2.59. The van der Waals surface area contributed by atoms with E-state index in [2.05, 4.69) is 10.3 Å². The zero-order chi connectivity index (χ0) is 20.3. The van der Waals surface area contributed by atoms with Gasteiger partial charge in [-0.3, -0.25) is 14.5 Å². The molecule has 8 nitrogen and oxygen atoms in total. The van der Waals surface area contributed by atoms with Crippen LogP contribution in [0.15, 0.2) is 22.6 Å². The highest BCUT2D eigenvalue weighted by Crippen LogP contribution is 2.28. The number of ether oxygens (including phenoxy) is 2. The molecule has 150 valence electrons. The molecule has 1 N–H and O–H groups in total. The molecule has 1 aliphatic rings. The van der Waals surface area contributed by atoms with E-state index in [0.717, 1.165) is 22.6 Å². The molecule has 0 spiro atoms. The van der Waals surface area contributed by atoms with E-state index in [4.69, 9.17) is 13.9 Å². The zero-order valence-corrected chi connectivity index (χ0v) is 16.6. The van der Waals surface area contributed by atoms with E-state index in [-0.39, 0.29) is 12.3 Å². The lowest BCUT2D eigenvalue weighted by molar-refractivity contribution is -0.146. The van der Waals surface area contributed by atoms with Crippen LogP contribution in [0, 0.1) is 13.8 Å². The van der Waals surface area contributed by atoms with Crippen LogP contribution in [0.4, 0.5) is 0 Å². The van der Waals surface area contributed by atoms with Crippen molar-refractivity contribution in [3.8, 4) is 17.2 Å². The van der Waals surface area contributed by atoms with Crippen LogP contribution in [-0.2, 0) is 20.9 Å². The van der Waals surface area contributed by atoms with Crippen molar-refractivity contribution >= 4 is 11.9 Å². The fourth-order valence-corrected chi connectivity index (χ4v) is 3.32. The van der Waals surface area contributed by atoms with Gasteiger partial charge in [-0.2, -0.15) is 0 Å². The smallest absolute Gasteiger partial charge is 0.307 e. The lowest BCUT2D eigenvalue weighted by Gasteiger charge is -2.33. The molecular weight excluding hydrogens is 362 g/mol. The summed E-state index contributed by atoms with van der Waals surface area (Å²) in [6.07, 6.45) is 0.00373. The quantitative estimate of drug-likeness (QED) is 0.756. The predicted octanol–water partition coefficient (Wildman–Crippen LogP) is 1.83. The molecule has 0 radical (unpaired) electrons. The largest absolute Gasteiger partial charge is 0.496 e. The molecule has 0 saturated carbocycles. The van der Waals surface area contributed by atoms with Gasteiger partial charge in [-0.25, -0.2) is 4.98 Å². The molecule has 8 heteroatoms. The maximum atomic E-state index is 12.2. The van der Waals surface area contributed by atoms with E-state index in [9.17, 15) is 9.59 Å². The second-order valence-electron chi connectivity index (χ2n) is 6.76. The number of aromatic nitrogens is 1. The topological polar surface area (TPSA) is 93.9 Å². The molecular formula is C20H25N3O5. The van der Waals surface area contributed by atoms with Crippen molar-refractivity contribution in [2.24, 2.45) is 0 Å². The lowest BCUT2D eigenvalue weighted by Crippen LogP contribution is -2.55. The van der Waals surface area contributed by atoms with E-state index < -0.39 is 12.0 Å². The Labute approximate surface area is 163 Å². The van der Waals surface area contributed by atoms with Crippen molar-refractivity contribution in [3.05, 3.63) is 35.2 Å². The van der Waals surface area contributed by atoms with Crippen LogP contribution in [0.3, 0.4) is 0 Å².